The van der Waals surface area contributed by atoms with Gasteiger partial charge in [-0.3, -0.25) is 24.1 Å². The lowest BCUT2D eigenvalue weighted by atomic mass is 9.93. The summed E-state index contributed by atoms with van der Waals surface area (Å²) in [5.41, 5.74) is 9.03. The molecule has 0 saturated carbocycles. The summed E-state index contributed by atoms with van der Waals surface area (Å²) in [4.78, 5) is 55.8. The van der Waals surface area contributed by atoms with Gasteiger partial charge in [-0.05, 0) is 86.9 Å². The monoisotopic (exact) mass is 610 g/mol. The van der Waals surface area contributed by atoms with E-state index in [1.54, 1.807) is 18.2 Å². The van der Waals surface area contributed by atoms with Crippen LogP contribution in [0.2, 0.25) is 5.02 Å². The molecule has 1 fully saturated rings. The number of fused-ring (bicyclic) bond motifs is 1. The fourth-order valence-corrected chi connectivity index (χ4v) is 5.84. The van der Waals surface area contributed by atoms with Crippen LogP contribution in [-0.4, -0.2) is 78.2 Å². The number of carbonyl (C=O) groups excluding carboxylic acids is 4. The van der Waals surface area contributed by atoms with Crippen molar-refractivity contribution in [2.24, 2.45) is 5.73 Å². The minimum Gasteiger partial charge on any atom is -0.355 e. The zero-order valence-electron chi connectivity index (χ0n) is 24.9. The van der Waals surface area contributed by atoms with Crippen LogP contribution in [0.1, 0.15) is 55.2 Å². The normalized spacial score (nSPS) is 17.5. The summed E-state index contributed by atoms with van der Waals surface area (Å²) in [5.74, 6) is -0.832. The first kappa shape index (κ1) is 32.4. The molecule has 2 aliphatic rings. The van der Waals surface area contributed by atoms with Crippen LogP contribution < -0.4 is 21.7 Å². The number of nitrogens with one attached hydrogen (secondary N) is 3. The van der Waals surface area contributed by atoms with E-state index in [4.69, 9.17) is 17.3 Å². The van der Waals surface area contributed by atoms with Gasteiger partial charge in [0.2, 0.25) is 23.6 Å². The quantitative estimate of drug-likeness (QED) is 0.292. The summed E-state index contributed by atoms with van der Waals surface area (Å²) in [6.45, 7) is 4.67. The highest BCUT2D eigenvalue weighted by Crippen LogP contribution is 2.25. The molecular weight excluding hydrogens is 568 g/mol. The number of nitrogens with zero attached hydrogens (tertiary/aromatic N) is 2. The van der Waals surface area contributed by atoms with Crippen molar-refractivity contribution in [2.75, 3.05) is 38.0 Å². The first-order chi connectivity index (χ1) is 20.7. The Labute approximate surface area is 258 Å². The van der Waals surface area contributed by atoms with Crippen LogP contribution in [0.3, 0.4) is 0 Å². The second kappa shape index (κ2) is 15.8. The second-order valence-electron chi connectivity index (χ2n) is 11.4. The maximum absolute atomic E-state index is 13.8. The molecule has 2 aromatic carbocycles. The lowest BCUT2D eigenvalue weighted by molar-refractivity contribution is -0.132. The summed E-state index contributed by atoms with van der Waals surface area (Å²) >= 11 is 6.14. The minimum absolute atomic E-state index is 0.163. The van der Waals surface area contributed by atoms with Crippen molar-refractivity contribution >= 4 is 40.9 Å². The molecule has 2 aliphatic heterocycles. The van der Waals surface area contributed by atoms with E-state index in [2.05, 4.69) is 26.9 Å². The molecule has 1 saturated heterocycles. The van der Waals surface area contributed by atoms with Gasteiger partial charge in [0.15, 0.2) is 0 Å². The SMILES string of the molecule is Cc1cc(NC(=O)[C@H](CCNC(=O)CN)NC(=O)[C@@H]2Cc3ccccc3CN2CCCC(=O)N2CCCCC2)ccc1Cl. The molecule has 4 amide bonds. The van der Waals surface area contributed by atoms with Crippen molar-refractivity contribution in [3.63, 3.8) is 0 Å². The molecule has 232 valence electrons. The highest BCUT2D eigenvalue weighted by molar-refractivity contribution is 6.31. The van der Waals surface area contributed by atoms with Gasteiger partial charge in [0.1, 0.15) is 6.04 Å². The summed E-state index contributed by atoms with van der Waals surface area (Å²) in [6, 6.07) is 11.8. The molecule has 43 heavy (non-hydrogen) atoms. The van der Waals surface area contributed by atoms with Crippen LogP contribution in [0.4, 0.5) is 5.69 Å². The Morgan fingerprint density at radius 2 is 1.79 bits per heavy atom. The number of likely N-dealkylation sites (tertiary alicyclic amines) is 1. The number of aryl methyl sites for hydroxylation is 1. The molecule has 4 rings (SSSR count). The van der Waals surface area contributed by atoms with Crippen LogP contribution >= 0.6 is 11.6 Å². The number of piperidine rings is 1. The van der Waals surface area contributed by atoms with E-state index in [9.17, 15) is 19.2 Å². The average molecular weight is 611 g/mol. The fraction of sp³-hybridized carbons (Fsp3) is 0.500. The number of hydrogen-bond donors (Lipinski definition) is 4. The zero-order valence-corrected chi connectivity index (χ0v) is 25.6. The third kappa shape index (κ3) is 9.26. The van der Waals surface area contributed by atoms with E-state index < -0.39 is 18.0 Å². The van der Waals surface area contributed by atoms with Gasteiger partial charge in [-0.1, -0.05) is 35.9 Å². The lowest BCUT2D eigenvalue weighted by Gasteiger charge is -2.37. The molecule has 5 N–H and O–H groups in total. The van der Waals surface area contributed by atoms with Gasteiger partial charge in [-0.2, -0.15) is 0 Å². The zero-order chi connectivity index (χ0) is 30.8. The van der Waals surface area contributed by atoms with Gasteiger partial charge in [0.25, 0.3) is 0 Å². The number of carbonyl (C=O) groups is 4. The number of rotatable bonds is 12. The van der Waals surface area contributed by atoms with Gasteiger partial charge >= 0.3 is 0 Å². The van der Waals surface area contributed by atoms with Crippen LogP contribution in [0.25, 0.3) is 0 Å². The second-order valence-corrected chi connectivity index (χ2v) is 11.8. The van der Waals surface area contributed by atoms with E-state index >= 15 is 0 Å². The molecule has 2 atom stereocenters. The molecule has 0 spiro atoms. The summed E-state index contributed by atoms with van der Waals surface area (Å²) < 4.78 is 0. The summed E-state index contributed by atoms with van der Waals surface area (Å²) in [7, 11) is 0. The largest absolute Gasteiger partial charge is 0.355 e. The Bertz CT molecular complexity index is 1300. The average Bonchev–Trinajstić information content (AvgIpc) is 3.02. The first-order valence-corrected chi connectivity index (χ1v) is 15.6. The van der Waals surface area contributed by atoms with Crippen LogP contribution in [0, 0.1) is 6.92 Å². The van der Waals surface area contributed by atoms with Crippen molar-refractivity contribution in [1.29, 1.82) is 0 Å². The number of halogens is 1. The highest BCUT2D eigenvalue weighted by atomic mass is 35.5. The molecular formula is C32H43ClN6O4. The van der Waals surface area contributed by atoms with E-state index in [0.29, 0.717) is 43.1 Å². The molecule has 0 bridgehead atoms. The highest BCUT2D eigenvalue weighted by Gasteiger charge is 2.33. The minimum atomic E-state index is -0.902. The fourth-order valence-electron chi connectivity index (χ4n) is 5.72. The van der Waals surface area contributed by atoms with Gasteiger partial charge in [-0.15, -0.1) is 0 Å². The molecule has 0 unspecified atom stereocenters. The maximum Gasteiger partial charge on any atom is 0.247 e. The van der Waals surface area contributed by atoms with Crippen LogP contribution in [0.5, 0.6) is 0 Å². The van der Waals surface area contributed by atoms with Crippen molar-refractivity contribution in [1.82, 2.24) is 20.4 Å². The number of hydrogen-bond acceptors (Lipinski definition) is 6. The third-order valence-electron chi connectivity index (χ3n) is 8.19. The van der Waals surface area contributed by atoms with Gasteiger partial charge < -0.3 is 26.6 Å². The Balaban J connectivity index is 1.45. The van der Waals surface area contributed by atoms with Crippen molar-refractivity contribution in [2.45, 2.75) is 70.5 Å². The molecule has 2 aromatic rings. The molecule has 0 aromatic heterocycles. The number of nitrogens with two attached hydrogens (primary N) is 1. The van der Waals surface area contributed by atoms with E-state index in [0.717, 1.165) is 42.6 Å². The van der Waals surface area contributed by atoms with Gasteiger partial charge in [-0.25, -0.2) is 0 Å². The number of benzene rings is 2. The third-order valence-corrected chi connectivity index (χ3v) is 8.62. The van der Waals surface area contributed by atoms with Crippen LogP contribution in [-0.2, 0) is 32.1 Å². The van der Waals surface area contributed by atoms with Crippen molar-refractivity contribution < 1.29 is 19.2 Å². The number of anilines is 1. The Morgan fingerprint density at radius 1 is 1.05 bits per heavy atom. The molecule has 11 heteroatoms. The lowest BCUT2D eigenvalue weighted by Crippen LogP contribution is -2.55. The Hall–Kier alpha value is -3.47. The molecule has 0 radical (unpaired) electrons. The van der Waals surface area contributed by atoms with Gasteiger partial charge in [0.05, 0.1) is 12.6 Å². The van der Waals surface area contributed by atoms with Crippen molar-refractivity contribution in [3.8, 4) is 0 Å². The van der Waals surface area contributed by atoms with Gasteiger partial charge in [0, 0.05) is 43.3 Å². The number of amides is 4. The summed E-state index contributed by atoms with van der Waals surface area (Å²) in [5, 5.41) is 9.09. The van der Waals surface area contributed by atoms with E-state index in [1.807, 2.05) is 30.0 Å². The smallest absolute Gasteiger partial charge is 0.247 e. The maximum atomic E-state index is 13.8. The van der Waals surface area contributed by atoms with E-state index in [-0.39, 0.29) is 37.2 Å². The standard InChI is InChI=1S/C32H43ClN6O4/c1-22-18-25(11-12-26(22)33)36-31(42)27(13-14-35-29(40)20-34)37-32(43)28-19-23-8-3-4-9-24(23)21-39(28)17-7-10-30(41)38-15-5-2-6-16-38/h3-4,8-9,11-12,18,27-28H,2,5-7,10,13-17,19-21,34H2,1H3,(H,35,40)(H,36,42)(H,37,43)/t27-,28-/m0/s1. The predicted molar refractivity (Wildman–Crippen MR) is 167 cm³/mol. The topological polar surface area (TPSA) is 137 Å². The molecule has 2 heterocycles. The van der Waals surface area contributed by atoms with Crippen molar-refractivity contribution in [3.05, 3.63) is 64.2 Å². The Morgan fingerprint density at radius 3 is 2.51 bits per heavy atom. The first-order valence-electron chi connectivity index (χ1n) is 15.2. The Kier molecular flexibility index (Phi) is 12.0. The van der Waals surface area contributed by atoms with E-state index in [1.165, 1.54) is 6.42 Å². The molecule has 0 aliphatic carbocycles. The van der Waals surface area contributed by atoms with Crippen LogP contribution in [0.15, 0.2) is 42.5 Å². The summed E-state index contributed by atoms with van der Waals surface area (Å²) in [6.07, 6.45) is 5.05. The molecule has 10 nitrogen and oxygen atoms in total. The predicted octanol–water partition coefficient (Wildman–Crippen LogP) is 2.76.